The Hall–Kier alpha value is -2.63. The van der Waals surface area contributed by atoms with Gasteiger partial charge in [-0.3, -0.25) is 4.68 Å². The molecule has 19 heavy (non-hydrogen) atoms. The van der Waals surface area contributed by atoms with Crippen LogP contribution in [0.5, 0.6) is 0 Å². The van der Waals surface area contributed by atoms with Gasteiger partial charge in [-0.1, -0.05) is 6.07 Å². The second kappa shape index (κ2) is 3.94. The van der Waals surface area contributed by atoms with Crippen LogP contribution in [0.15, 0.2) is 30.5 Å². The molecule has 5 nitrogen and oxygen atoms in total. The number of benzene rings is 1. The van der Waals surface area contributed by atoms with Crippen molar-refractivity contribution in [3.8, 4) is 11.3 Å². The second-order valence-electron chi connectivity index (χ2n) is 4.21. The van der Waals surface area contributed by atoms with E-state index in [2.05, 4.69) is 10.1 Å². The van der Waals surface area contributed by atoms with Crippen LogP contribution < -0.4 is 0 Å². The van der Waals surface area contributed by atoms with Crippen LogP contribution in [0.25, 0.3) is 22.2 Å². The monoisotopic (exact) mass is 259 g/mol. The van der Waals surface area contributed by atoms with Gasteiger partial charge in [0.25, 0.3) is 0 Å². The minimum absolute atomic E-state index is 0.0665. The van der Waals surface area contributed by atoms with E-state index in [1.165, 1.54) is 16.8 Å². The van der Waals surface area contributed by atoms with E-state index >= 15 is 0 Å². The summed E-state index contributed by atoms with van der Waals surface area (Å²) in [5, 5.41) is 13.2. The first-order valence-electron chi connectivity index (χ1n) is 5.61. The molecule has 0 radical (unpaired) electrons. The lowest BCUT2D eigenvalue weighted by Gasteiger charge is -2.00. The van der Waals surface area contributed by atoms with E-state index in [9.17, 15) is 9.18 Å². The molecule has 2 heterocycles. The Morgan fingerprint density at radius 1 is 1.47 bits per heavy atom. The number of hydrogen-bond donors (Lipinski definition) is 2. The number of carboxylic acids is 1. The normalized spacial score (nSPS) is 11.1. The van der Waals surface area contributed by atoms with E-state index in [-0.39, 0.29) is 11.5 Å². The van der Waals surface area contributed by atoms with E-state index < -0.39 is 5.97 Å². The van der Waals surface area contributed by atoms with Gasteiger partial charge >= 0.3 is 5.97 Å². The molecular formula is C13H10FN3O2. The summed E-state index contributed by atoms with van der Waals surface area (Å²) in [5.41, 5.74) is 1.74. The smallest absolute Gasteiger partial charge is 0.356 e. The van der Waals surface area contributed by atoms with Crippen LogP contribution in [0.4, 0.5) is 4.39 Å². The summed E-state index contributed by atoms with van der Waals surface area (Å²) in [5.74, 6) is -1.46. The van der Waals surface area contributed by atoms with Gasteiger partial charge < -0.3 is 10.1 Å². The van der Waals surface area contributed by atoms with Gasteiger partial charge in [0.2, 0.25) is 0 Å². The number of halogens is 1. The zero-order valence-electron chi connectivity index (χ0n) is 10.0. The van der Waals surface area contributed by atoms with Gasteiger partial charge in [-0.05, 0) is 18.2 Å². The van der Waals surface area contributed by atoms with Crippen molar-refractivity contribution in [1.82, 2.24) is 14.8 Å². The van der Waals surface area contributed by atoms with Crippen molar-refractivity contribution in [3.63, 3.8) is 0 Å². The molecule has 3 aromatic rings. The van der Waals surface area contributed by atoms with Crippen molar-refractivity contribution < 1.29 is 14.3 Å². The number of carbonyl (C=O) groups is 1. The lowest BCUT2D eigenvalue weighted by atomic mass is 10.1. The SMILES string of the molecule is Cn1nc(C(=O)O)cc1-c1c[nH]c2cccc(F)c12. The van der Waals surface area contributed by atoms with Crippen molar-refractivity contribution >= 4 is 16.9 Å². The molecule has 0 fully saturated rings. The zero-order valence-corrected chi connectivity index (χ0v) is 10.0. The predicted molar refractivity (Wildman–Crippen MR) is 67.4 cm³/mol. The van der Waals surface area contributed by atoms with Crippen LogP contribution in [-0.2, 0) is 7.05 Å². The van der Waals surface area contributed by atoms with Gasteiger partial charge in [-0.25, -0.2) is 9.18 Å². The van der Waals surface area contributed by atoms with Crippen LogP contribution >= 0.6 is 0 Å². The minimum Gasteiger partial charge on any atom is -0.476 e. The van der Waals surface area contributed by atoms with Crippen molar-refractivity contribution in [2.75, 3.05) is 0 Å². The number of H-pyrrole nitrogens is 1. The van der Waals surface area contributed by atoms with Gasteiger partial charge in [-0.15, -0.1) is 0 Å². The first-order valence-corrected chi connectivity index (χ1v) is 5.61. The van der Waals surface area contributed by atoms with Crippen molar-refractivity contribution in [2.45, 2.75) is 0 Å². The van der Waals surface area contributed by atoms with E-state index in [0.717, 1.165) is 0 Å². The molecule has 6 heteroatoms. The number of nitrogens with one attached hydrogen (secondary N) is 1. The van der Waals surface area contributed by atoms with Gasteiger partial charge in [-0.2, -0.15) is 5.10 Å². The number of aromatic nitrogens is 3. The van der Waals surface area contributed by atoms with E-state index in [0.29, 0.717) is 22.2 Å². The third-order valence-electron chi connectivity index (χ3n) is 3.03. The number of aryl methyl sites for hydroxylation is 1. The average molecular weight is 259 g/mol. The summed E-state index contributed by atoms with van der Waals surface area (Å²) in [6, 6.07) is 6.17. The lowest BCUT2D eigenvalue weighted by Crippen LogP contribution is -1.99. The molecule has 0 amide bonds. The summed E-state index contributed by atoms with van der Waals surface area (Å²) in [6.45, 7) is 0. The third kappa shape index (κ3) is 1.69. The molecule has 0 bridgehead atoms. The molecule has 1 aromatic carbocycles. The number of carboxylic acid groups (broad SMARTS) is 1. The first kappa shape index (κ1) is 11.5. The average Bonchev–Trinajstić information content (AvgIpc) is 2.93. The van der Waals surface area contributed by atoms with Gasteiger partial charge in [0.15, 0.2) is 5.69 Å². The third-order valence-corrected chi connectivity index (χ3v) is 3.03. The van der Waals surface area contributed by atoms with E-state index in [1.807, 2.05) is 0 Å². The van der Waals surface area contributed by atoms with Crippen molar-refractivity contribution in [3.05, 3.63) is 42.0 Å². The second-order valence-corrected chi connectivity index (χ2v) is 4.21. The molecule has 0 saturated heterocycles. The van der Waals surface area contributed by atoms with Crippen LogP contribution in [0.2, 0.25) is 0 Å². The number of fused-ring (bicyclic) bond motifs is 1. The standard InChI is InChI=1S/C13H10FN3O2/c1-17-11(5-10(16-17)13(18)19)7-6-15-9-4-2-3-8(14)12(7)9/h2-6,15H,1H3,(H,18,19). The summed E-state index contributed by atoms with van der Waals surface area (Å²) in [6.07, 6.45) is 1.65. The molecule has 96 valence electrons. The maximum absolute atomic E-state index is 13.9. The Balaban J connectivity index is 2.28. The van der Waals surface area contributed by atoms with Crippen LogP contribution in [0.3, 0.4) is 0 Å². The Labute approximate surface area is 107 Å². The molecule has 2 aromatic heterocycles. The fourth-order valence-corrected chi connectivity index (χ4v) is 2.17. The Kier molecular flexibility index (Phi) is 2.38. The summed E-state index contributed by atoms with van der Waals surface area (Å²) in [7, 11) is 1.63. The highest BCUT2D eigenvalue weighted by Crippen LogP contribution is 2.30. The summed E-state index contributed by atoms with van der Waals surface area (Å²) in [4.78, 5) is 13.9. The fraction of sp³-hybridized carbons (Fsp3) is 0.0769. The Morgan fingerprint density at radius 2 is 2.26 bits per heavy atom. The Morgan fingerprint density at radius 3 is 2.95 bits per heavy atom. The molecule has 0 saturated carbocycles. The molecule has 3 rings (SSSR count). The molecule has 0 spiro atoms. The number of nitrogens with zero attached hydrogens (tertiary/aromatic N) is 2. The van der Waals surface area contributed by atoms with E-state index in [1.54, 1.807) is 25.4 Å². The summed E-state index contributed by atoms with van der Waals surface area (Å²) < 4.78 is 15.3. The van der Waals surface area contributed by atoms with Crippen LogP contribution in [-0.4, -0.2) is 25.8 Å². The molecule has 0 aliphatic heterocycles. The number of rotatable bonds is 2. The molecular weight excluding hydrogens is 249 g/mol. The molecule has 0 aliphatic carbocycles. The molecule has 2 N–H and O–H groups in total. The predicted octanol–water partition coefficient (Wildman–Crippen LogP) is 2.41. The fourth-order valence-electron chi connectivity index (χ4n) is 2.17. The van der Waals surface area contributed by atoms with Crippen LogP contribution in [0, 0.1) is 5.82 Å². The van der Waals surface area contributed by atoms with Gasteiger partial charge in [0, 0.05) is 29.7 Å². The first-order chi connectivity index (χ1) is 9.08. The molecule has 0 unspecified atom stereocenters. The van der Waals surface area contributed by atoms with Gasteiger partial charge in [0.05, 0.1) is 5.69 Å². The van der Waals surface area contributed by atoms with Gasteiger partial charge in [0.1, 0.15) is 5.82 Å². The highest BCUT2D eigenvalue weighted by Gasteiger charge is 2.17. The lowest BCUT2D eigenvalue weighted by molar-refractivity contribution is 0.0689. The maximum atomic E-state index is 13.9. The Bertz CT molecular complexity index is 788. The number of aromatic carboxylic acids is 1. The quantitative estimate of drug-likeness (QED) is 0.742. The van der Waals surface area contributed by atoms with Crippen LogP contribution in [0.1, 0.15) is 10.5 Å². The summed E-state index contributed by atoms with van der Waals surface area (Å²) >= 11 is 0. The van der Waals surface area contributed by atoms with E-state index in [4.69, 9.17) is 5.11 Å². The highest BCUT2D eigenvalue weighted by atomic mass is 19.1. The number of hydrogen-bond acceptors (Lipinski definition) is 2. The minimum atomic E-state index is -1.11. The zero-order chi connectivity index (χ0) is 13.6. The van der Waals surface area contributed by atoms with Crippen molar-refractivity contribution in [1.29, 1.82) is 0 Å². The topological polar surface area (TPSA) is 70.9 Å². The molecule has 0 atom stereocenters. The van der Waals surface area contributed by atoms with Crippen molar-refractivity contribution in [2.24, 2.45) is 7.05 Å². The molecule has 0 aliphatic rings. The largest absolute Gasteiger partial charge is 0.476 e. The number of aromatic amines is 1. The maximum Gasteiger partial charge on any atom is 0.356 e. The highest BCUT2D eigenvalue weighted by molar-refractivity contribution is 5.96.